The van der Waals surface area contributed by atoms with Crippen LogP contribution in [0.4, 0.5) is 0 Å². The van der Waals surface area contributed by atoms with E-state index in [0.717, 1.165) is 4.88 Å². The van der Waals surface area contributed by atoms with Gasteiger partial charge in [0, 0.05) is 4.88 Å². The van der Waals surface area contributed by atoms with Crippen LogP contribution in [0.15, 0.2) is 17.5 Å². The highest BCUT2D eigenvalue weighted by atomic mass is 35.5. The van der Waals surface area contributed by atoms with Crippen LogP contribution in [0, 0.1) is 0 Å². The van der Waals surface area contributed by atoms with E-state index in [4.69, 9.17) is 5.73 Å². The maximum absolute atomic E-state index is 10.3. The second-order valence-electron chi connectivity index (χ2n) is 1.72. The molecule has 2 N–H and O–H groups in total. The van der Waals surface area contributed by atoms with Crippen LogP contribution in [-0.2, 0) is 11.2 Å². The van der Waals surface area contributed by atoms with E-state index in [9.17, 15) is 4.79 Å². The zero-order valence-corrected chi connectivity index (χ0v) is 6.87. The second-order valence-corrected chi connectivity index (χ2v) is 2.75. The minimum atomic E-state index is -0.266. The van der Waals surface area contributed by atoms with E-state index in [0.29, 0.717) is 6.42 Å². The lowest BCUT2D eigenvalue weighted by atomic mass is 10.3. The number of rotatable bonds is 2. The number of nitrogens with two attached hydrogens (primary N) is 1. The monoisotopic (exact) mass is 177 g/mol. The summed E-state index contributed by atoms with van der Waals surface area (Å²) in [5, 5.41) is 1.93. The van der Waals surface area contributed by atoms with Crippen LogP contribution in [-0.4, -0.2) is 5.91 Å². The molecule has 0 aliphatic rings. The van der Waals surface area contributed by atoms with Gasteiger partial charge in [-0.2, -0.15) is 0 Å². The van der Waals surface area contributed by atoms with Gasteiger partial charge in [-0.1, -0.05) is 6.07 Å². The molecule has 1 aromatic rings. The molecular formula is C6H8ClNOS. The summed E-state index contributed by atoms with van der Waals surface area (Å²) in [6.07, 6.45) is 0.373. The smallest absolute Gasteiger partial charge is 0.222 e. The summed E-state index contributed by atoms with van der Waals surface area (Å²) in [4.78, 5) is 11.3. The highest BCUT2D eigenvalue weighted by Crippen LogP contribution is 2.07. The molecule has 1 rings (SSSR count). The van der Waals surface area contributed by atoms with Gasteiger partial charge in [0.15, 0.2) is 0 Å². The summed E-state index contributed by atoms with van der Waals surface area (Å²) in [5.41, 5.74) is 4.95. The van der Waals surface area contributed by atoms with Crippen LogP contribution < -0.4 is 5.73 Å². The van der Waals surface area contributed by atoms with E-state index in [1.54, 1.807) is 11.3 Å². The summed E-state index contributed by atoms with van der Waals surface area (Å²) in [5.74, 6) is -0.266. The molecule has 0 spiro atoms. The summed E-state index contributed by atoms with van der Waals surface area (Å²) in [6, 6.07) is 3.80. The zero-order valence-electron chi connectivity index (χ0n) is 5.24. The number of amides is 1. The number of halogens is 1. The highest BCUT2D eigenvalue weighted by Gasteiger charge is 1.96. The van der Waals surface area contributed by atoms with Crippen LogP contribution >= 0.6 is 23.7 Å². The van der Waals surface area contributed by atoms with Crippen molar-refractivity contribution in [2.24, 2.45) is 5.73 Å². The molecule has 0 unspecified atom stereocenters. The van der Waals surface area contributed by atoms with E-state index in [1.807, 2.05) is 17.5 Å². The van der Waals surface area contributed by atoms with Crippen molar-refractivity contribution >= 4 is 29.7 Å². The van der Waals surface area contributed by atoms with Crippen molar-refractivity contribution in [3.8, 4) is 0 Å². The molecule has 2 nitrogen and oxygen atoms in total. The van der Waals surface area contributed by atoms with Gasteiger partial charge in [-0.25, -0.2) is 0 Å². The summed E-state index contributed by atoms with van der Waals surface area (Å²) in [7, 11) is 0. The average Bonchev–Trinajstić information content (AvgIpc) is 2.15. The number of carbonyl (C=O) groups is 1. The van der Waals surface area contributed by atoms with Crippen molar-refractivity contribution in [2.45, 2.75) is 6.42 Å². The Hall–Kier alpha value is -0.540. The normalized spacial score (nSPS) is 8.40. The predicted molar refractivity (Wildman–Crippen MR) is 44.5 cm³/mol. The third-order valence-electron chi connectivity index (χ3n) is 0.929. The third-order valence-corrected chi connectivity index (χ3v) is 1.80. The molecule has 0 bridgehead atoms. The molecule has 0 radical (unpaired) electrons. The molecule has 0 saturated carbocycles. The lowest BCUT2D eigenvalue weighted by Gasteiger charge is -1.86. The fourth-order valence-corrected chi connectivity index (χ4v) is 1.30. The van der Waals surface area contributed by atoms with Gasteiger partial charge in [0.1, 0.15) is 0 Å². The largest absolute Gasteiger partial charge is 0.369 e. The molecule has 0 aliphatic heterocycles. The maximum Gasteiger partial charge on any atom is 0.222 e. The Balaban J connectivity index is 0.000000810. The second kappa shape index (κ2) is 4.30. The highest BCUT2D eigenvalue weighted by molar-refractivity contribution is 7.10. The van der Waals surface area contributed by atoms with Crippen LogP contribution in [0.5, 0.6) is 0 Å². The molecule has 0 atom stereocenters. The van der Waals surface area contributed by atoms with E-state index in [1.165, 1.54) is 0 Å². The van der Waals surface area contributed by atoms with E-state index >= 15 is 0 Å². The Bertz CT molecular complexity index is 198. The van der Waals surface area contributed by atoms with Gasteiger partial charge in [-0.05, 0) is 11.4 Å². The summed E-state index contributed by atoms with van der Waals surface area (Å²) in [6.45, 7) is 0. The Kier molecular flexibility index (Phi) is 4.07. The van der Waals surface area contributed by atoms with Gasteiger partial charge >= 0.3 is 0 Å². The lowest BCUT2D eigenvalue weighted by molar-refractivity contribution is -0.117. The fraction of sp³-hybridized carbons (Fsp3) is 0.167. The molecule has 4 heteroatoms. The molecule has 0 saturated heterocycles. The first-order valence-electron chi connectivity index (χ1n) is 2.60. The summed E-state index contributed by atoms with van der Waals surface area (Å²) < 4.78 is 0. The topological polar surface area (TPSA) is 43.1 Å². The molecule has 0 aromatic carbocycles. The molecule has 0 fully saturated rings. The van der Waals surface area contributed by atoms with Crippen LogP contribution in [0.1, 0.15) is 4.88 Å². The molecular weight excluding hydrogens is 170 g/mol. The first-order valence-corrected chi connectivity index (χ1v) is 3.47. The van der Waals surface area contributed by atoms with Gasteiger partial charge in [-0.3, -0.25) is 4.79 Å². The van der Waals surface area contributed by atoms with Crippen molar-refractivity contribution in [2.75, 3.05) is 0 Å². The van der Waals surface area contributed by atoms with Crippen molar-refractivity contribution in [1.29, 1.82) is 0 Å². The Morgan fingerprint density at radius 2 is 2.40 bits per heavy atom. The number of hydrogen-bond donors (Lipinski definition) is 1. The molecule has 10 heavy (non-hydrogen) atoms. The number of primary amides is 1. The Morgan fingerprint density at radius 3 is 2.80 bits per heavy atom. The van der Waals surface area contributed by atoms with Crippen molar-refractivity contribution in [3.05, 3.63) is 22.4 Å². The molecule has 0 aliphatic carbocycles. The third kappa shape index (κ3) is 2.85. The quantitative estimate of drug-likeness (QED) is 0.725. The first-order chi connectivity index (χ1) is 4.29. The van der Waals surface area contributed by atoms with Crippen molar-refractivity contribution < 1.29 is 4.79 Å². The van der Waals surface area contributed by atoms with Crippen LogP contribution in [0.2, 0.25) is 0 Å². The van der Waals surface area contributed by atoms with Gasteiger partial charge in [0.2, 0.25) is 5.91 Å². The van der Waals surface area contributed by atoms with E-state index < -0.39 is 0 Å². The fourth-order valence-electron chi connectivity index (χ4n) is 0.585. The standard InChI is InChI=1S/C6H7NOS.ClH/c7-6(8)4-5-2-1-3-9-5;/h1-3H,4H2,(H2,7,8);1H. The van der Waals surface area contributed by atoms with Gasteiger partial charge in [0.05, 0.1) is 6.42 Å². The summed E-state index contributed by atoms with van der Waals surface area (Å²) >= 11 is 1.55. The maximum atomic E-state index is 10.3. The van der Waals surface area contributed by atoms with Gasteiger partial charge in [-0.15, -0.1) is 23.7 Å². The lowest BCUT2D eigenvalue weighted by Crippen LogP contribution is -2.12. The van der Waals surface area contributed by atoms with Crippen LogP contribution in [0.25, 0.3) is 0 Å². The van der Waals surface area contributed by atoms with Gasteiger partial charge in [0.25, 0.3) is 0 Å². The number of hydrogen-bond acceptors (Lipinski definition) is 2. The van der Waals surface area contributed by atoms with E-state index in [-0.39, 0.29) is 18.3 Å². The van der Waals surface area contributed by atoms with Crippen molar-refractivity contribution in [3.63, 3.8) is 0 Å². The first kappa shape index (κ1) is 9.46. The molecule has 56 valence electrons. The molecule has 1 heterocycles. The minimum absolute atomic E-state index is 0. The Morgan fingerprint density at radius 1 is 1.70 bits per heavy atom. The number of thiophene rings is 1. The van der Waals surface area contributed by atoms with Crippen LogP contribution in [0.3, 0.4) is 0 Å². The number of carbonyl (C=O) groups excluding carboxylic acids is 1. The molecule has 1 aromatic heterocycles. The minimum Gasteiger partial charge on any atom is -0.369 e. The Labute approximate surface area is 69.5 Å². The SMILES string of the molecule is Cl.NC(=O)Cc1cccs1. The average molecular weight is 178 g/mol. The molecule has 1 amide bonds. The zero-order chi connectivity index (χ0) is 6.69. The van der Waals surface area contributed by atoms with Crippen molar-refractivity contribution in [1.82, 2.24) is 0 Å². The van der Waals surface area contributed by atoms with Gasteiger partial charge < -0.3 is 5.73 Å². The predicted octanol–water partition coefficient (Wildman–Crippen LogP) is 1.20. The van der Waals surface area contributed by atoms with E-state index in [2.05, 4.69) is 0 Å².